The number of carbonyl (C=O) groups excluding carboxylic acids is 1. The molecule has 1 aliphatic heterocycles. The van der Waals surface area contributed by atoms with Gasteiger partial charge < -0.3 is 5.11 Å². The number of nitrogens with zero attached hydrogens (tertiary/aromatic N) is 2. The van der Waals surface area contributed by atoms with Crippen LogP contribution in [-0.2, 0) is 9.59 Å². The first-order chi connectivity index (χ1) is 5.61. The van der Waals surface area contributed by atoms with Crippen LogP contribution in [0.2, 0.25) is 0 Å². The minimum atomic E-state index is -0.872. The van der Waals surface area contributed by atoms with Crippen molar-refractivity contribution in [3.05, 3.63) is 0 Å². The van der Waals surface area contributed by atoms with Crippen LogP contribution >= 0.6 is 0 Å². The average Bonchev–Trinajstić information content (AvgIpc) is 2.28. The van der Waals surface area contributed by atoms with Gasteiger partial charge in [-0.15, -0.1) is 0 Å². The van der Waals surface area contributed by atoms with Crippen LogP contribution in [-0.4, -0.2) is 47.1 Å². The van der Waals surface area contributed by atoms with E-state index < -0.39 is 5.97 Å². The number of hydrogen-bond acceptors (Lipinski definition) is 3. The summed E-state index contributed by atoms with van der Waals surface area (Å²) < 4.78 is 0. The number of amides is 1. The SMILES string of the molecule is CN1CCC(=O)N1CCC(=O)O. The van der Waals surface area contributed by atoms with Crippen molar-refractivity contribution in [3.63, 3.8) is 0 Å². The van der Waals surface area contributed by atoms with Crippen molar-refractivity contribution in [2.75, 3.05) is 20.1 Å². The van der Waals surface area contributed by atoms with Gasteiger partial charge >= 0.3 is 5.97 Å². The number of hydrazine groups is 1. The van der Waals surface area contributed by atoms with Crippen molar-refractivity contribution >= 4 is 11.9 Å². The fourth-order valence-corrected chi connectivity index (χ4v) is 1.19. The Bertz CT molecular complexity index is 205. The van der Waals surface area contributed by atoms with Gasteiger partial charge in [0.2, 0.25) is 5.91 Å². The van der Waals surface area contributed by atoms with Crippen molar-refractivity contribution in [1.82, 2.24) is 10.0 Å². The molecule has 0 aromatic rings. The Labute approximate surface area is 70.5 Å². The van der Waals surface area contributed by atoms with Crippen molar-refractivity contribution in [2.45, 2.75) is 12.8 Å². The molecule has 1 amide bonds. The van der Waals surface area contributed by atoms with Crippen molar-refractivity contribution in [1.29, 1.82) is 0 Å². The maximum atomic E-state index is 11.1. The third-order valence-corrected chi connectivity index (χ3v) is 1.89. The second-order valence-corrected chi connectivity index (χ2v) is 2.79. The summed E-state index contributed by atoms with van der Waals surface area (Å²) in [5.41, 5.74) is 0. The van der Waals surface area contributed by atoms with Gasteiger partial charge in [0, 0.05) is 26.6 Å². The van der Waals surface area contributed by atoms with Crippen LogP contribution in [0.25, 0.3) is 0 Å². The van der Waals surface area contributed by atoms with E-state index in [4.69, 9.17) is 5.11 Å². The van der Waals surface area contributed by atoms with E-state index in [-0.39, 0.29) is 18.9 Å². The molecule has 0 aliphatic carbocycles. The zero-order valence-corrected chi connectivity index (χ0v) is 6.99. The van der Waals surface area contributed by atoms with E-state index in [0.717, 1.165) is 0 Å². The fraction of sp³-hybridized carbons (Fsp3) is 0.714. The summed E-state index contributed by atoms with van der Waals surface area (Å²) in [5, 5.41) is 11.6. The molecule has 1 aliphatic rings. The summed E-state index contributed by atoms with van der Waals surface area (Å²) in [5.74, 6) is -0.859. The van der Waals surface area contributed by atoms with Crippen molar-refractivity contribution in [2.24, 2.45) is 0 Å². The van der Waals surface area contributed by atoms with Gasteiger partial charge in [-0.05, 0) is 0 Å². The summed E-state index contributed by atoms with van der Waals surface area (Å²) >= 11 is 0. The van der Waals surface area contributed by atoms with Crippen molar-refractivity contribution < 1.29 is 14.7 Å². The van der Waals surface area contributed by atoms with E-state index in [2.05, 4.69) is 0 Å². The molecule has 0 radical (unpaired) electrons. The molecule has 68 valence electrons. The topological polar surface area (TPSA) is 60.9 Å². The normalized spacial score (nSPS) is 18.8. The van der Waals surface area contributed by atoms with Crippen LogP contribution in [0.5, 0.6) is 0 Å². The van der Waals surface area contributed by atoms with Gasteiger partial charge in [-0.25, -0.2) is 5.01 Å². The van der Waals surface area contributed by atoms with E-state index in [1.165, 1.54) is 5.01 Å². The Hall–Kier alpha value is -1.10. The Morgan fingerprint density at radius 3 is 2.75 bits per heavy atom. The summed E-state index contributed by atoms with van der Waals surface area (Å²) in [6.07, 6.45) is 0.506. The molecular weight excluding hydrogens is 160 g/mol. The number of carboxylic acid groups (broad SMARTS) is 1. The van der Waals surface area contributed by atoms with Gasteiger partial charge in [-0.2, -0.15) is 0 Å². The number of rotatable bonds is 3. The molecule has 5 heteroatoms. The molecule has 0 aromatic carbocycles. The second-order valence-electron chi connectivity index (χ2n) is 2.79. The monoisotopic (exact) mass is 172 g/mol. The zero-order valence-electron chi connectivity index (χ0n) is 6.99. The first-order valence-corrected chi connectivity index (χ1v) is 3.84. The third-order valence-electron chi connectivity index (χ3n) is 1.89. The minimum Gasteiger partial charge on any atom is -0.481 e. The van der Waals surface area contributed by atoms with Gasteiger partial charge in [-0.1, -0.05) is 0 Å². The molecule has 1 saturated heterocycles. The standard InChI is InChI=1S/C7H12N2O3/c1-8-4-2-6(10)9(8)5-3-7(11)12/h2-5H2,1H3,(H,11,12). The zero-order chi connectivity index (χ0) is 9.14. The lowest BCUT2D eigenvalue weighted by molar-refractivity contribution is -0.141. The van der Waals surface area contributed by atoms with Crippen LogP contribution in [0.4, 0.5) is 0 Å². The molecule has 12 heavy (non-hydrogen) atoms. The maximum absolute atomic E-state index is 11.1. The number of aliphatic carboxylic acids is 1. The predicted molar refractivity (Wildman–Crippen MR) is 41.2 cm³/mol. The summed E-state index contributed by atoms with van der Waals surface area (Å²) in [6.45, 7) is 0.975. The Kier molecular flexibility index (Phi) is 2.65. The van der Waals surface area contributed by atoms with Gasteiger partial charge in [0.05, 0.1) is 6.42 Å². The smallest absolute Gasteiger partial charge is 0.305 e. The molecule has 0 atom stereocenters. The van der Waals surface area contributed by atoms with Gasteiger partial charge in [0.1, 0.15) is 0 Å². The van der Waals surface area contributed by atoms with Crippen LogP contribution in [0.1, 0.15) is 12.8 Å². The second kappa shape index (κ2) is 3.53. The van der Waals surface area contributed by atoms with Gasteiger partial charge in [0.25, 0.3) is 0 Å². The van der Waals surface area contributed by atoms with Crippen LogP contribution < -0.4 is 0 Å². The molecule has 5 nitrogen and oxygen atoms in total. The molecule has 0 aromatic heterocycles. The molecule has 1 fully saturated rings. The van der Waals surface area contributed by atoms with E-state index in [9.17, 15) is 9.59 Å². The highest BCUT2D eigenvalue weighted by Crippen LogP contribution is 2.09. The van der Waals surface area contributed by atoms with E-state index in [0.29, 0.717) is 13.0 Å². The lowest BCUT2D eigenvalue weighted by atomic mass is 10.4. The fourth-order valence-electron chi connectivity index (χ4n) is 1.19. The first kappa shape index (κ1) is 8.99. The quantitative estimate of drug-likeness (QED) is 0.625. The third kappa shape index (κ3) is 1.94. The highest BCUT2D eigenvalue weighted by molar-refractivity contribution is 5.78. The summed E-state index contributed by atoms with van der Waals surface area (Å²) in [4.78, 5) is 21.3. The van der Waals surface area contributed by atoms with Crippen molar-refractivity contribution in [3.8, 4) is 0 Å². The first-order valence-electron chi connectivity index (χ1n) is 3.84. The highest BCUT2D eigenvalue weighted by Gasteiger charge is 2.25. The molecule has 1 N–H and O–H groups in total. The summed E-state index contributed by atoms with van der Waals surface area (Å²) in [7, 11) is 1.78. The molecule has 0 saturated carbocycles. The summed E-state index contributed by atoms with van der Waals surface area (Å²) in [6, 6.07) is 0. The van der Waals surface area contributed by atoms with Crippen LogP contribution in [0.15, 0.2) is 0 Å². The van der Waals surface area contributed by atoms with Crippen LogP contribution in [0, 0.1) is 0 Å². The number of carbonyl (C=O) groups is 2. The average molecular weight is 172 g/mol. The molecular formula is C7H12N2O3. The highest BCUT2D eigenvalue weighted by atomic mass is 16.4. The van der Waals surface area contributed by atoms with E-state index >= 15 is 0 Å². The number of hydrogen-bond donors (Lipinski definition) is 1. The Morgan fingerprint density at radius 1 is 1.67 bits per heavy atom. The Balaban J connectivity index is 2.39. The Morgan fingerprint density at radius 2 is 2.33 bits per heavy atom. The van der Waals surface area contributed by atoms with Crippen LogP contribution in [0.3, 0.4) is 0 Å². The number of carboxylic acids is 1. The molecule has 1 heterocycles. The maximum Gasteiger partial charge on any atom is 0.305 e. The van der Waals surface area contributed by atoms with E-state index in [1.807, 2.05) is 0 Å². The predicted octanol–water partition coefficient (Wildman–Crippen LogP) is -0.460. The molecule has 0 bridgehead atoms. The minimum absolute atomic E-state index is 0.0100. The molecule has 0 unspecified atom stereocenters. The largest absolute Gasteiger partial charge is 0.481 e. The van der Waals surface area contributed by atoms with E-state index in [1.54, 1.807) is 12.1 Å². The lowest BCUT2D eigenvalue weighted by Gasteiger charge is -2.22. The van der Waals surface area contributed by atoms with Gasteiger partial charge in [-0.3, -0.25) is 14.6 Å². The lowest BCUT2D eigenvalue weighted by Crippen LogP contribution is -2.37. The molecule has 0 spiro atoms. The molecule has 1 rings (SSSR count). The van der Waals surface area contributed by atoms with Gasteiger partial charge in [0.15, 0.2) is 0 Å².